The molecule has 0 aromatic heterocycles. The van der Waals surface area contributed by atoms with E-state index in [1.165, 1.54) is 0 Å². The molecule has 0 bridgehead atoms. The molecule has 0 aliphatic carbocycles. The number of benzene rings is 2. The number of halogens is 3. The largest absolute Gasteiger partial charge is 0.492 e. The number of amides is 1. The molecule has 0 radical (unpaired) electrons. The van der Waals surface area contributed by atoms with Crippen LogP contribution in [-0.2, 0) is 0 Å². The maximum atomic E-state index is 12.4. The average Bonchev–Trinajstić information content (AvgIpc) is 2.57. The van der Waals surface area contributed by atoms with Crippen LogP contribution >= 0.6 is 51.3 Å². The van der Waals surface area contributed by atoms with Crippen molar-refractivity contribution in [3.63, 3.8) is 0 Å². The number of anilines is 1. The van der Waals surface area contributed by atoms with Gasteiger partial charge in [0.2, 0.25) is 0 Å². The first kappa shape index (κ1) is 21.0. The number of nitrogens with one attached hydrogen (secondary N) is 2. The Morgan fingerprint density at radius 2 is 1.88 bits per heavy atom. The van der Waals surface area contributed by atoms with E-state index in [4.69, 9.17) is 40.2 Å². The van der Waals surface area contributed by atoms with Gasteiger partial charge < -0.3 is 10.1 Å². The molecule has 0 aliphatic heterocycles. The van der Waals surface area contributed by atoms with E-state index >= 15 is 0 Å². The molecule has 2 aromatic carbocycles. The van der Waals surface area contributed by atoms with Gasteiger partial charge in [0, 0.05) is 5.56 Å². The average molecular weight is 476 g/mol. The summed E-state index contributed by atoms with van der Waals surface area (Å²) in [5.41, 5.74) is 0.878. The fourth-order valence-corrected chi connectivity index (χ4v) is 3.13. The standard InChI is InChI=1S/C18H17BrCl2N2O2S/c1-10(2)9-25-15-7-6-11(8-12(15)19)17(24)23-18(26)22-16-13(20)4-3-5-14(16)21/h3-8,10H,9H2,1-2H3,(H2,22,23,24,26). The molecule has 0 heterocycles. The highest BCUT2D eigenvalue weighted by Crippen LogP contribution is 2.30. The lowest BCUT2D eigenvalue weighted by molar-refractivity contribution is 0.0977. The summed E-state index contributed by atoms with van der Waals surface area (Å²) in [6.07, 6.45) is 0. The lowest BCUT2D eigenvalue weighted by Gasteiger charge is -2.13. The Balaban J connectivity index is 2.03. The van der Waals surface area contributed by atoms with Gasteiger partial charge in [0.1, 0.15) is 5.75 Å². The predicted octanol–water partition coefficient (Wildman–Crippen LogP) is 5.92. The van der Waals surface area contributed by atoms with E-state index in [-0.39, 0.29) is 11.0 Å². The number of ether oxygens (including phenoxy) is 1. The van der Waals surface area contributed by atoms with E-state index in [1.807, 2.05) is 0 Å². The second-order valence-corrected chi connectivity index (χ2v) is 7.93. The Morgan fingerprint density at radius 3 is 2.46 bits per heavy atom. The fraction of sp³-hybridized carbons (Fsp3) is 0.222. The summed E-state index contributed by atoms with van der Waals surface area (Å²) in [6.45, 7) is 4.72. The SMILES string of the molecule is CC(C)COc1ccc(C(=O)NC(=S)Nc2c(Cl)cccc2Cl)cc1Br. The van der Waals surface area contributed by atoms with Gasteiger partial charge in [-0.15, -0.1) is 0 Å². The van der Waals surface area contributed by atoms with Gasteiger partial charge >= 0.3 is 0 Å². The molecule has 2 N–H and O–H groups in total. The molecule has 0 saturated heterocycles. The quantitative estimate of drug-likeness (QED) is 0.527. The zero-order valence-corrected chi connectivity index (χ0v) is 18.0. The predicted molar refractivity (Wildman–Crippen MR) is 115 cm³/mol. The lowest BCUT2D eigenvalue weighted by Crippen LogP contribution is -2.34. The van der Waals surface area contributed by atoms with Crippen molar-refractivity contribution in [2.45, 2.75) is 13.8 Å². The summed E-state index contributed by atoms with van der Waals surface area (Å²) in [6, 6.07) is 10.2. The van der Waals surface area contributed by atoms with E-state index < -0.39 is 0 Å². The molecule has 138 valence electrons. The summed E-state index contributed by atoms with van der Waals surface area (Å²) < 4.78 is 6.37. The summed E-state index contributed by atoms with van der Waals surface area (Å²) in [5, 5.41) is 6.35. The van der Waals surface area contributed by atoms with Crippen LogP contribution in [0.15, 0.2) is 40.9 Å². The minimum Gasteiger partial charge on any atom is -0.492 e. The minimum absolute atomic E-state index is 0.0984. The molecule has 0 atom stereocenters. The molecular formula is C18H17BrCl2N2O2S. The highest BCUT2D eigenvalue weighted by atomic mass is 79.9. The Kier molecular flexibility index (Phi) is 7.70. The van der Waals surface area contributed by atoms with Gasteiger partial charge in [-0.05, 0) is 64.4 Å². The first-order valence-electron chi connectivity index (χ1n) is 7.76. The highest BCUT2D eigenvalue weighted by molar-refractivity contribution is 9.10. The third-order valence-electron chi connectivity index (χ3n) is 3.19. The molecule has 0 unspecified atom stereocenters. The summed E-state index contributed by atoms with van der Waals surface area (Å²) in [7, 11) is 0. The van der Waals surface area contributed by atoms with Gasteiger partial charge in [0.15, 0.2) is 5.11 Å². The van der Waals surface area contributed by atoms with Gasteiger partial charge in [0.05, 0.1) is 26.8 Å². The Labute approximate surface area is 176 Å². The topological polar surface area (TPSA) is 50.4 Å². The molecular weight excluding hydrogens is 459 g/mol. The van der Waals surface area contributed by atoms with Crippen LogP contribution in [-0.4, -0.2) is 17.6 Å². The number of hydrogen-bond acceptors (Lipinski definition) is 3. The van der Waals surface area contributed by atoms with Gasteiger partial charge in [0.25, 0.3) is 5.91 Å². The normalized spacial score (nSPS) is 10.5. The smallest absolute Gasteiger partial charge is 0.257 e. The molecule has 1 amide bonds. The second kappa shape index (κ2) is 9.55. The zero-order valence-electron chi connectivity index (χ0n) is 14.1. The number of thiocarbonyl (C=S) groups is 1. The van der Waals surface area contributed by atoms with Gasteiger partial charge in [-0.1, -0.05) is 43.1 Å². The Hall–Kier alpha value is -1.34. The van der Waals surface area contributed by atoms with Crippen molar-refractivity contribution < 1.29 is 9.53 Å². The van der Waals surface area contributed by atoms with E-state index in [1.54, 1.807) is 36.4 Å². The fourth-order valence-electron chi connectivity index (χ4n) is 1.95. The van der Waals surface area contributed by atoms with E-state index in [0.29, 0.717) is 44.0 Å². The first-order chi connectivity index (χ1) is 12.3. The van der Waals surface area contributed by atoms with Crippen LogP contribution in [0.25, 0.3) is 0 Å². The summed E-state index contributed by atoms with van der Waals surface area (Å²) in [4.78, 5) is 12.4. The lowest BCUT2D eigenvalue weighted by atomic mass is 10.2. The number of rotatable bonds is 5. The number of carbonyl (C=O) groups excluding carboxylic acids is 1. The zero-order chi connectivity index (χ0) is 19.3. The molecule has 2 aromatic rings. The van der Waals surface area contributed by atoms with Gasteiger partial charge in [-0.25, -0.2) is 0 Å². The second-order valence-electron chi connectivity index (χ2n) is 5.85. The number of carbonyl (C=O) groups is 1. The molecule has 0 saturated carbocycles. The van der Waals surface area contributed by atoms with E-state index in [0.717, 1.165) is 0 Å². The van der Waals surface area contributed by atoms with Crippen LogP contribution < -0.4 is 15.4 Å². The minimum atomic E-state index is -0.359. The summed E-state index contributed by atoms with van der Waals surface area (Å²) in [5.74, 6) is 0.727. The van der Waals surface area contributed by atoms with Gasteiger partial charge in [-0.3, -0.25) is 10.1 Å². The Bertz CT molecular complexity index is 811. The van der Waals surface area contributed by atoms with Crippen molar-refractivity contribution in [3.8, 4) is 5.75 Å². The van der Waals surface area contributed by atoms with Crippen LogP contribution in [0.1, 0.15) is 24.2 Å². The van der Waals surface area contributed by atoms with Crippen molar-refractivity contribution in [2.24, 2.45) is 5.92 Å². The van der Waals surface area contributed by atoms with Gasteiger partial charge in [-0.2, -0.15) is 0 Å². The molecule has 4 nitrogen and oxygen atoms in total. The van der Waals surface area contributed by atoms with E-state index in [9.17, 15) is 4.79 Å². The molecule has 0 spiro atoms. The van der Waals surface area contributed by atoms with Crippen molar-refractivity contribution >= 4 is 68.1 Å². The number of hydrogen-bond donors (Lipinski definition) is 2. The number of para-hydroxylation sites is 1. The van der Waals surface area contributed by atoms with Crippen molar-refractivity contribution in [3.05, 3.63) is 56.5 Å². The maximum absolute atomic E-state index is 12.4. The third-order valence-corrected chi connectivity index (χ3v) is 4.65. The van der Waals surface area contributed by atoms with Crippen LogP contribution in [0.3, 0.4) is 0 Å². The maximum Gasteiger partial charge on any atom is 0.257 e. The van der Waals surface area contributed by atoms with E-state index in [2.05, 4.69) is 40.4 Å². The molecule has 26 heavy (non-hydrogen) atoms. The van der Waals surface area contributed by atoms with Crippen LogP contribution in [0, 0.1) is 5.92 Å². The van der Waals surface area contributed by atoms with Crippen molar-refractivity contribution in [1.82, 2.24) is 5.32 Å². The summed E-state index contributed by atoms with van der Waals surface area (Å²) >= 11 is 20.7. The monoisotopic (exact) mass is 474 g/mol. The van der Waals surface area contributed by atoms with Crippen LogP contribution in [0.5, 0.6) is 5.75 Å². The van der Waals surface area contributed by atoms with Crippen molar-refractivity contribution in [1.29, 1.82) is 0 Å². The van der Waals surface area contributed by atoms with Crippen molar-refractivity contribution in [2.75, 3.05) is 11.9 Å². The molecule has 8 heteroatoms. The van der Waals surface area contributed by atoms with Crippen LogP contribution in [0.2, 0.25) is 10.0 Å². The molecule has 2 rings (SSSR count). The third kappa shape index (κ3) is 5.84. The molecule has 0 aliphatic rings. The first-order valence-corrected chi connectivity index (χ1v) is 9.72. The highest BCUT2D eigenvalue weighted by Gasteiger charge is 2.13. The van der Waals surface area contributed by atoms with Crippen LogP contribution in [0.4, 0.5) is 5.69 Å². The Morgan fingerprint density at radius 1 is 1.23 bits per heavy atom. The molecule has 0 fully saturated rings.